The zero-order valence-electron chi connectivity index (χ0n) is 8.21. The highest BCUT2D eigenvalue weighted by Gasteiger charge is 2.28. The molecule has 0 aromatic heterocycles. The van der Waals surface area contributed by atoms with E-state index in [1.54, 1.807) is 6.92 Å². The van der Waals surface area contributed by atoms with Crippen molar-refractivity contribution in [3.05, 3.63) is 29.1 Å². The molecule has 78 valence electrons. The summed E-state index contributed by atoms with van der Waals surface area (Å²) in [5.74, 6) is -0.795. The Hall–Kier alpha value is -1.13. The molecule has 1 rings (SSSR count). The van der Waals surface area contributed by atoms with E-state index in [-0.39, 0.29) is 11.3 Å². The lowest BCUT2D eigenvalue weighted by Crippen LogP contribution is -2.38. The molecule has 0 spiro atoms. The minimum absolute atomic E-state index is 0.0417. The van der Waals surface area contributed by atoms with Gasteiger partial charge in [0.05, 0.1) is 17.7 Å². The third kappa shape index (κ3) is 1.71. The van der Waals surface area contributed by atoms with Crippen molar-refractivity contribution in [2.75, 3.05) is 6.61 Å². The van der Waals surface area contributed by atoms with Crippen molar-refractivity contribution in [2.45, 2.75) is 19.4 Å². The minimum Gasteiger partial charge on any atom is -0.507 e. The molecular formula is C10H14FNO2. The van der Waals surface area contributed by atoms with Crippen LogP contribution in [0.15, 0.2) is 12.1 Å². The third-order valence-electron chi connectivity index (χ3n) is 2.23. The Morgan fingerprint density at radius 3 is 2.57 bits per heavy atom. The second kappa shape index (κ2) is 3.55. The monoisotopic (exact) mass is 199 g/mol. The van der Waals surface area contributed by atoms with Gasteiger partial charge < -0.3 is 15.9 Å². The van der Waals surface area contributed by atoms with E-state index >= 15 is 0 Å². The number of phenols is 1. The number of aryl methyl sites for hydroxylation is 1. The largest absolute Gasteiger partial charge is 0.507 e. The molecular weight excluding hydrogens is 185 g/mol. The van der Waals surface area contributed by atoms with Crippen LogP contribution in [0.3, 0.4) is 0 Å². The number of aliphatic hydroxyl groups excluding tert-OH is 1. The van der Waals surface area contributed by atoms with E-state index in [0.717, 1.165) is 0 Å². The van der Waals surface area contributed by atoms with Gasteiger partial charge in [-0.3, -0.25) is 0 Å². The van der Waals surface area contributed by atoms with E-state index in [1.807, 2.05) is 0 Å². The first-order chi connectivity index (χ1) is 6.40. The first-order valence-corrected chi connectivity index (χ1v) is 4.28. The van der Waals surface area contributed by atoms with Crippen molar-refractivity contribution in [1.82, 2.24) is 0 Å². The molecule has 1 aromatic carbocycles. The number of phenolic OH excluding ortho intramolecular Hbond substituents is 1. The van der Waals surface area contributed by atoms with Crippen molar-refractivity contribution in [3.8, 4) is 5.75 Å². The van der Waals surface area contributed by atoms with E-state index in [1.165, 1.54) is 19.1 Å². The van der Waals surface area contributed by atoms with Crippen molar-refractivity contribution >= 4 is 0 Å². The molecule has 0 amide bonds. The number of hydrogen-bond donors (Lipinski definition) is 3. The van der Waals surface area contributed by atoms with Crippen LogP contribution in [0.4, 0.5) is 4.39 Å². The molecule has 0 saturated heterocycles. The number of nitrogens with two attached hydrogens (primary N) is 1. The van der Waals surface area contributed by atoms with Crippen LogP contribution in [-0.4, -0.2) is 16.8 Å². The van der Waals surface area contributed by atoms with Crippen LogP contribution < -0.4 is 5.73 Å². The average Bonchev–Trinajstić information content (AvgIpc) is 2.12. The fraction of sp³-hybridized carbons (Fsp3) is 0.400. The Labute approximate surface area is 82.0 Å². The summed E-state index contributed by atoms with van der Waals surface area (Å²) >= 11 is 0. The van der Waals surface area contributed by atoms with Crippen LogP contribution in [0.1, 0.15) is 18.1 Å². The molecule has 0 heterocycles. The first kappa shape index (κ1) is 10.9. The van der Waals surface area contributed by atoms with E-state index < -0.39 is 18.0 Å². The van der Waals surface area contributed by atoms with Crippen molar-refractivity contribution in [2.24, 2.45) is 5.73 Å². The number of halogens is 1. The molecule has 0 bridgehead atoms. The predicted molar refractivity (Wildman–Crippen MR) is 51.4 cm³/mol. The van der Waals surface area contributed by atoms with E-state index in [0.29, 0.717) is 5.56 Å². The fourth-order valence-corrected chi connectivity index (χ4v) is 1.29. The minimum atomic E-state index is -1.26. The number of aliphatic hydroxyl groups is 1. The molecule has 1 atom stereocenters. The molecule has 0 saturated carbocycles. The molecule has 0 unspecified atom stereocenters. The van der Waals surface area contributed by atoms with Crippen molar-refractivity contribution in [1.29, 1.82) is 0 Å². The van der Waals surface area contributed by atoms with Gasteiger partial charge in [0, 0.05) is 0 Å². The Kier molecular flexibility index (Phi) is 2.78. The number of aromatic hydroxyl groups is 1. The standard InChI is InChI=1S/C10H14FNO2/c1-6-3-4-7(11)8(9(6)14)10(2,12)5-13/h3-4,13-14H,5,12H2,1-2H3/t10-/m1/s1. The highest BCUT2D eigenvalue weighted by molar-refractivity contribution is 5.44. The maximum atomic E-state index is 13.4. The maximum Gasteiger partial charge on any atom is 0.132 e. The summed E-state index contributed by atoms with van der Waals surface area (Å²) < 4.78 is 13.4. The third-order valence-corrected chi connectivity index (χ3v) is 2.23. The Morgan fingerprint density at radius 2 is 2.07 bits per heavy atom. The number of rotatable bonds is 2. The molecule has 4 N–H and O–H groups in total. The summed E-state index contributed by atoms with van der Waals surface area (Å²) in [6.07, 6.45) is 0. The molecule has 0 radical (unpaired) electrons. The highest BCUT2D eigenvalue weighted by Crippen LogP contribution is 2.32. The van der Waals surface area contributed by atoms with Gasteiger partial charge in [-0.1, -0.05) is 6.07 Å². The number of hydrogen-bond acceptors (Lipinski definition) is 3. The second-order valence-corrected chi connectivity index (χ2v) is 3.66. The Morgan fingerprint density at radius 1 is 1.50 bits per heavy atom. The smallest absolute Gasteiger partial charge is 0.132 e. The van der Waals surface area contributed by atoms with Crippen LogP contribution in [0.2, 0.25) is 0 Å². The molecule has 0 aliphatic heterocycles. The topological polar surface area (TPSA) is 66.5 Å². The molecule has 0 aliphatic carbocycles. The lowest BCUT2D eigenvalue weighted by Gasteiger charge is -2.24. The summed E-state index contributed by atoms with van der Waals surface area (Å²) in [5.41, 5.74) is 4.89. The quantitative estimate of drug-likeness (QED) is 0.665. The van der Waals surface area contributed by atoms with Crippen LogP contribution in [0, 0.1) is 12.7 Å². The van der Waals surface area contributed by atoms with Crippen molar-refractivity contribution in [3.63, 3.8) is 0 Å². The molecule has 1 aromatic rings. The van der Waals surface area contributed by atoms with Crippen LogP contribution in [-0.2, 0) is 5.54 Å². The highest BCUT2D eigenvalue weighted by atomic mass is 19.1. The summed E-state index contributed by atoms with van der Waals surface area (Å²) in [6, 6.07) is 2.69. The van der Waals surface area contributed by atoms with Gasteiger partial charge in [-0.05, 0) is 25.5 Å². The van der Waals surface area contributed by atoms with Gasteiger partial charge in [-0.2, -0.15) is 0 Å². The molecule has 0 aliphatic rings. The van der Waals surface area contributed by atoms with E-state index in [4.69, 9.17) is 10.8 Å². The Bertz CT molecular complexity index is 350. The SMILES string of the molecule is Cc1ccc(F)c([C@](C)(N)CO)c1O. The van der Waals surface area contributed by atoms with E-state index in [2.05, 4.69) is 0 Å². The summed E-state index contributed by atoms with van der Waals surface area (Å²) in [6.45, 7) is 2.68. The average molecular weight is 199 g/mol. The van der Waals surface area contributed by atoms with E-state index in [9.17, 15) is 9.50 Å². The summed E-state index contributed by atoms with van der Waals surface area (Å²) in [4.78, 5) is 0. The Balaban J connectivity index is 3.40. The van der Waals surface area contributed by atoms with Gasteiger partial charge in [0.15, 0.2) is 0 Å². The lowest BCUT2D eigenvalue weighted by atomic mass is 9.91. The van der Waals surface area contributed by atoms with Gasteiger partial charge in [-0.15, -0.1) is 0 Å². The van der Waals surface area contributed by atoms with Gasteiger partial charge in [0.1, 0.15) is 11.6 Å². The van der Waals surface area contributed by atoms with Gasteiger partial charge in [0.25, 0.3) is 0 Å². The molecule has 14 heavy (non-hydrogen) atoms. The molecule has 4 heteroatoms. The van der Waals surface area contributed by atoms with Gasteiger partial charge in [-0.25, -0.2) is 4.39 Å². The zero-order chi connectivity index (χ0) is 10.9. The zero-order valence-corrected chi connectivity index (χ0v) is 8.21. The van der Waals surface area contributed by atoms with Crippen LogP contribution in [0.25, 0.3) is 0 Å². The second-order valence-electron chi connectivity index (χ2n) is 3.66. The normalized spacial score (nSPS) is 15.2. The van der Waals surface area contributed by atoms with Gasteiger partial charge in [0.2, 0.25) is 0 Å². The maximum absolute atomic E-state index is 13.4. The molecule has 3 nitrogen and oxygen atoms in total. The first-order valence-electron chi connectivity index (χ1n) is 4.28. The lowest BCUT2D eigenvalue weighted by molar-refractivity contribution is 0.202. The van der Waals surface area contributed by atoms with Gasteiger partial charge >= 0.3 is 0 Å². The summed E-state index contributed by atoms with van der Waals surface area (Å²) in [7, 11) is 0. The number of benzene rings is 1. The van der Waals surface area contributed by atoms with Crippen LogP contribution >= 0.6 is 0 Å². The summed E-state index contributed by atoms with van der Waals surface area (Å²) in [5, 5.41) is 18.6. The van der Waals surface area contributed by atoms with Crippen LogP contribution in [0.5, 0.6) is 5.75 Å². The fourth-order valence-electron chi connectivity index (χ4n) is 1.29. The van der Waals surface area contributed by atoms with Crippen molar-refractivity contribution < 1.29 is 14.6 Å². The predicted octanol–water partition coefficient (Wildman–Crippen LogP) is 1.01. The molecule has 0 fully saturated rings.